The zero-order valence-electron chi connectivity index (χ0n) is 24.2. The number of hydrogen-bond acceptors (Lipinski definition) is 6. The molecule has 2 aliphatic rings. The number of fused-ring (bicyclic) bond motifs is 2. The van der Waals surface area contributed by atoms with Crippen molar-refractivity contribution in [3.05, 3.63) is 127 Å². The molecule has 44 heavy (non-hydrogen) atoms. The van der Waals surface area contributed by atoms with Crippen LogP contribution in [0.15, 0.2) is 131 Å². The lowest BCUT2D eigenvalue weighted by molar-refractivity contribution is -0.115. The third-order valence-corrected chi connectivity index (χ3v) is 9.82. The predicted molar refractivity (Wildman–Crippen MR) is 179 cm³/mol. The van der Waals surface area contributed by atoms with E-state index in [1.165, 1.54) is 11.8 Å². The van der Waals surface area contributed by atoms with Crippen LogP contribution >= 0.6 is 23.5 Å². The van der Waals surface area contributed by atoms with Crippen molar-refractivity contribution in [3.8, 4) is 11.5 Å². The number of carbonyl (C=O) groups excluding carboxylic acids is 2. The van der Waals surface area contributed by atoms with E-state index in [2.05, 4.69) is 28.9 Å². The van der Waals surface area contributed by atoms with Crippen LogP contribution < -0.4 is 25.0 Å². The highest BCUT2D eigenvalue weighted by Gasteiger charge is 2.36. The third kappa shape index (κ3) is 6.49. The molecule has 1 heterocycles. The SMILES string of the molecule is COc1cc(NC(=O)C(Sc2cccc(NC(=O)N3c4ccccc4SC4C=CC=CC43)c2)c2ccccc2)cc(OC)c1. The Hall–Kier alpha value is -4.60. The van der Waals surface area contributed by atoms with E-state index >= 15 is 0 Å². The molecule has 0 aromatic heterocycles. The van der Waals surface area contributed by atoms with Gasteiger partial charge in [0.05, 0.1) is 31.2 Å². The number of allylic oxidation sites excluding steroid dienone is 2. The summed E-state index contributed by atoms with van der Waals surface area (Å²) in [5.74, 6) is 0.956. The molecule has 6 rings (SSSR count). The molecular weight excluding hydrogens is 591 g/mol. The van der Waals surface area contributed by atoms with Crippen LogP contribution in [0.1, 0.15) is 10.8 Å². The van der Waals surface area contributed by atoms with Gasteiger partial charge in [-0.2, -0.15) is 0 Å². The van der Waals surface area contributed by atoms with Gasteiger partial charge in [0.25, 0.3) is 0 Å². The molecule has 7 nitrogen and oxygen atoms in total. The molecule has 222 valence electrons. The van der Waals surface area contributed by atoms with E-state index in [9.17, 15) is 9.59 Å². The minimum absolute atomic E-state index is 0.0983. The zero-order valence-corrected chi connectivity index (χ0v) is 25.8. The lowest BCUT2D eigenvalue weighted by Gasteiger charge is -2.40. The van der Waals surface area contributed by atoms with Gasteiger partial charge in [0.2, 0.25) is 5.91 Å². The van der Waals surface area contributed by atoms with E-state index in [4.69, 9.17) is 9.47 Å². The van der Waals surface area contributed by atoms with Crippen LogP contribution in [0.3, 0.4) is 0 Å². The number of ether oxygens (including phenoxy) is 2. The molecule has 4 aromatic rings. The number of rotatable bonds is 8. The smallest absolute Gasteiger partial charge is 0.326 e. The van der Waals surface area contributed by atoms with Gasteiger partial charge < -0.3 is 20.1 Å². The number of nitrogens with one attached hydrogen (secondary N) is 2. The molecule has 3 amide bonds. The van der Waals surface area contributed by atoms with Crippen molar-refractivity contribution < 1.29 is 19.1 Å². The maximum Gasteiger partial charge on any atom is 0.326 e. The van der Waals surface area contributed by atoms with Gasteiger partial charge in [-0.15, -0.1) is 23.5 Å². The second-order valence-electron chi connectivity index (χ2n) is 10.1. The standard InChI is InChI=1S/C35H31N3O4S2/c1-41-26-19-25(20-27(22-26)42-2)36-34(39)33(23-11-4-3-5-12-23)43-28-14-10-13-24(21-28)37-35(40)38-29-15-6-8-17-31(29)44-32-18-9-7-16-30(32)38/h3-22,29,31,33H,1-2H3,(H,36,39)(H,37,40). The first-order chi connectivity index (χ1) is 21.5. The molecule has 0 spiro atoms. The Morgan fingerprint density at radius 3 is 2.30 bits per heavy atom. The van der Waals surface area contributed by atoms with E-state index in [0.29, 0.717) is 22.9 Å². The first-order valence-corrected chi connectivity index (χ1v) is 15.8. The first-order valence-electron chi connectivity index (χ1n) is 14.1. The summed E-state index contributed by atoms with van der Waals surface area (Å²) in [7, 11) is 3.14. The van der Waals surface area contributed by atoms with Gasteiger partial charge in [-0.05, 0) is 35.9 Å². The quantitative estimate of drug-likeness (QED) is 0.193. The topological polar surface area (TPSA) is 79.9 Å². The number of hydrogen-bond donors (Lipinski definition) is 2. The molecule has 1 aliphatic carbocycles. The number of carbonyl (C=O) groups is 2. The lowest BCUT2D eigenvalue weighted by atomic mass is 10.1. The minimum atomic E-state index is -0.565. The molecule has 0 bridgehead atoms. The Morgan fingerprint density at radius 2 is 1.52 bits per heavy atom. The van der Waals surface area contributed by atoms with E-state index in [1.807, 2.05) is 89.8 Å². The number of para-hydroxylation sites is 1. The van der Waals surface area contributed by atoms with Crippen molar-refractivity contribution in [1.29, 1.82) is 0 Å². The largest absolute Gasteiger partial charge is 0.497 e. The van der Waals surface area contributed by atoms with Crippen molar-refractivity contribution in [2.24, 2.45) is 0 Å². The normalized spacial score (nSPS) is 17.2. The van der Waals surface area contributed by atoms with Crippen LogP contribution in [0.25, 0.3) is 0 Å². The van der Waals surface area contributed by atoms with Gasteiger partial charge in [0.15, 0.2) is 0 Å². The summed E-state index contributed by atoms with van der Waals surface area (Å²) in [5.41, 5.74) is 2.95. The van der Waals surface area contributed by atoms with Gasteiger partial charge in [-0.25, -0.2) is 4.79 Å². The maximum absolute atomic E-state index is 13.8. The van der Waals surface area contributed by atoms with Crippen LogP contribution in [-0.4, -0.2) is 37.4 Å². The number of nitrogens with zero attached hydrogens (tertiary/aromatic N) is 1. The van der Waals surface area contributed by atoms with E-state index in [1.54, 1.807) is 44.2 Å². The molecule has 3 atom stereocenters. The van der Waals surface area contributed by atoms with E-state index in [0.717, 1.165) is 21.0 Å². The second kappa shape index (κ2) is 13.4. The number of amides is 3. The number of methoxy groups -OCH3 is 2. The molecule has 0 saturated carbocycles. The molecule has 0 fully saturated rings. The highest BCUT2D eigenvalue weighted by Crippen LogP contribution is 2.44. The highest BCUT2D eigenvalue weighted by molar-refractivity contribution is 8.00. The van der Waals surface area contributed by atoms with Crippen LogP contribution in [-0.2, 0) is 4.79 Å². The van der Waals surface area contributed by atoms with Crippen LogP contribution in [0, 0.1) is 0 Å². The van der Waals surface area contributed by atoms with Crippen LogP contribution in [0.2, 0.25) is 0 Å². The van der Waals surface area contributed by atoms with Crippen LogP contribution in [0.5, 0.6) is 11.5 Å². The summed E-state index contributed by atoms with van der Waals surface area (Å²) in [6.07, 6.45) is 8.23. The van der Waals surface area contributed by atoms with Crippen LogP contribution in [0.4, 0.5) is 21.9 Å². The molecular formula is C35H31N3O4S2. The minimum Gasteiger partial charge on any atom is -0.497 e. The van der Waals surface area contributed by atoms with Crippen molar-refractivity contribution >= 4 is 52.5 Å². The zero-order chi connectivity index (χ0) is 30.5. The molecule has 0 saturated heterocycles. The fourth-order valence-corrected chi connectivity index (χ4v) is 7.52. The Labute approximate surface area is 265 Å². The lowest BCUT2D eigenvalue weighted by Crippen LogP contribution is -2.49. The summed E-state index contributed by atoms with van der Waals surface area (Å²) >= 11 is 3.18. The van der Waals surface area contributed by atoms with Gasteiger partial charge in [0.1, 0.15) is 16.7 Å². The van der Waals surface area contributed by atoms with Crippen molar-refractivity contribution in [2.45, 2.75) is 26.3 Å². The van der Waals surface area contributed by atoms with Crippen molar-refractivity contribution in [3.63, 3.8) is 0 Å². The Bertz CT molecular complexity index is 1700. The summed E-state index contributed by atoms with van der Waals surface area (Å²) in [6, 6.07) is 30.1. The summed E-state index contributed by atoms with van der Waals surface area (Å²) in [5, 5.41) is 5.71. The van der Waals surface area contributed by atoms with Crippen molar-refractivity contribution in [1.82, 2.24) is 0 Å². The maximum atomic E-state index is 13.8. The summed E-state index contributed by atoms with van der Waals surface area (Å²) in [4.78, 5) is 31.3. The molecule has 9 heteroatoms. The van der Waals surface area contributed by atoms with E-state index < -0.39 is 5.25 Å². The van der Waals surface area contributed by atoms with Gasteiger partial charge in [-0.3, -0.25) is 9.69 Å². The Kier molecular flexibility index (Phi) is 8.95. The molecule has 2 N–H and O–H groups in total. The van der Waals surface area contributed by atoms with Gasteiger partial charge >= 0.3 is 6.03 Å². The average molecular weight is 622 g/mol. The monoisotopic (exact) mass is 621 g/mol. The number of thioether (sulfide) groups is 2. The third-order valence-electron chi connectivity index (χ3n) is 7.26. The average Bonchev–Trinajstić information content (AvgIpc) is 3.06. The fourth-order valence-electron chi connectivity index (χ4n) is 5.18. The van der Waals surface area contributed by atoms with Gasteiger partial charge in [-0.1, -0.05) is 72.8 Å². The second-order valence-corrected chi connectivity index (χ2v) is 12.5. The number of anilines is 3. The fraction of sp³-hybridized carbons (Fsp3) is 0.143. The first kappa shape index (κ1) is 29.5. The number of urea groups is 1. The highest BCUT2D eigenvalue weighted by atomic mass is 32.2. The molecule has 0 radical (unpaired) electrons. The molecule has 4 aromatic carbocycles. The molecule has 1 aliphatic heterocycles. The summed E-state index contributed by atoms with van der Waals surface area (Å²) in [6.45, 7) is 0. The predicted octanol–water partition coefficient (Wildman–Crippen LogP) is 8.18. The summed E-state index contributed by atoms with van der Waals surface area (Å²) < 4.78 is 10.7. The van der Waals surface area contributed by atoms with E-state index in [-0.39, 0.29) is 23.2 Å². The van der Waals surface area contributed by atoms with Gasteiger partial charge in [0, 0.05) is 39.4 Å². The Balaban J connectivity index is 1.24. The Morgan fingerprint density at radius 1 is 0.795 bits per heavy atom. The van der Waals surface area contributed by atoms with Crippen molar-refractivity contribution in [2.75, 3.05) is 29.8 Å². The molecule has 3 unspecified atom stereocenters. The number of benzene rings is 4.